The van der Waals surface area contributed by atoms with E-state index in [0.717, 1.165) is 0 Å². The zero-order chi connectivity index (χ0) is 12.7. The van der Waals surface area contributed by atoms with E-state index in [9.17, 15) is 9.59 Å². The van der Waals surface area contributed by atoms with E-state index in [1.807, 2.05) is 6.92 Å². The topological polar surface area (TPSA) is 97.1 Å². The molecule has 0 spiro atoms. The number of amides is 1. The van der Waals surface area contributed by atoms with E-state index in [1.54, 1.807) is 0 Å². The maximum absolute atomic E-state index is 11.5. The third kappa shape index (κ3) is 4.62. The molecule has 0 bridgehead atoms. The number of carboxylic acids is 1. The van der Waals surface area contributed by atoms with Gasteiger partial charge in [0.1, 0.15) is 18.7 Å². The Labute approximate surface area is 98.8 Å². The fourth-order valence-corrected chi connectivity index (χ4v) is 1.38. The Hall–Kier alpha value is -1.92. The van der Waals surface area contributed by atoms with Gasteiger partial charge in [0.15, 0.2) is 0 Å². The Morgan fingerprint density at radius 3 is 2.82 bits per heavy atom. The molecule has 1 aromatic heterocycles. The quantitative estimate of drug-likeness (QED) is 0.701. The molecule has 0 saturated heterocycles. The SMILES string of the molecule is CCCC(NC(=O)CCn1cncn1)C(=O)O. The molecule has 1 atom stereocenters. The van der Waals surface area contributed by atoms with Crippen molar-refractivity contribution in [3.05, 3.63) is 12.7 Å². The maximum Gasteiger partial charge on any atom is 0.326 e. The number of carbonyl (C=O) groups excluding carboxylic acids is 1. The number of nitrogens with one attached hydrogen (secondary N) is 1. The molecule has 0 saturated carbocycles. The van der Waals surface area contributed by atoms with Gasteiger partial charge in [-0.25, -0.2) is 9.78 Å². The summed E-state index contributed by atoms with van der Waals surface area (Å²) in [6.07, 6.45) is 4.23. The first-order valence-corrected chi connectivity index (χ1v) is 5.48. The highest BCUT2D eigenvalue weighted by molar-refractivity contribution is 5.83. The fourth-order valence-electron chi connectivity index (χ4n) is 1.38. The van der Waals surface area contributed by atoms with E-state index in [4.69, 9.17) is 5.11 Å². The van der Waals surface area contributed by atoms with Gasteiger partial charge in [0, 0.05) is 6.42 Å². The standard InChI is InChI=1S/C10H16N4O3/c1-2-3-8(10(16)17)13-9(15)4-5-14-7-11-6-12-14/h6-8H,2-5H2,1H3,(H,13,15)(H,16,17). The van der Waals surface area contributed by atoms with Gasteiger partial charge in [-0.3, -0.25) is 9.48 Å². The molecule has 1 aromatic rings. The number of aromatic nitrogens is 3. The number of nitrogens with zero attached hydrogens (tertiary/aromatic N) is 3. The van der Waals surface area contributed by atoms with Crippen LogP contribution >= 0.6 is 0 Å². The largest absolute Gasteiger partial charge is 0.480 e. The van der Waals surface area contributed by atoms with Gasteiger partial charge in [-0.1, -0.05) is 13.3 Å². The van der Waals surface area contributed by atoms with Crippen LogP contribution in [0.5, 0.6) is 0 Å². The van der Waals surface area contributed by atoms with Crippen LogP contribution < -0.4 is 5.32 Å². The van der Waals surface area contributed by atoms with Crippen molar-refractivity contribution < 1.29 is 14.7 Å². The zero-order valence-electron chi connectivity index (χ0n) is 9.67. The number of hydrogen-bond acceptors (Lipinski definition) is 4. The van der Waals surface area contributed by atoms with Crippen LogP contribution in [0.15, 0.2) is 12.7 Å². The van der Waals surface area contributed by atoms with Crippen LogP contribution in [-0.2, 0) is 16.1 Å². The van der Waals surface area contributed by atoms with Crippen LogP contribution in [-0.4, -0.2) is 37.8 Å². The van der Waals surface area contributed by atoms with Gasteiger partial charge in [-0.2, -0.15) is 5.10 Å². The van der Waals surface area contributed by atoms with Crippen molar-refractivity contribution >= 4 is 11.9 Å². The second-order valence-corrected chi connectivity index (χ2v) is 3.66. The Morgan fingerprint density at radius 2 is 2.29 bits per heavy atom. The normalized spacial score (nSPS) is 12.1. The third-order valence-corrected chi connectivity index (χ3v) is 2.25. The van der Waals surface area contributed by atoms with Crippen molar-refractivity contribution in [1.29, 1.82) is 0 Å². The van der Waals surface area contributed by atoms with E-state index >= 15 is 0 Å². The van der Waals surface area contributed by atoms with Crippen molar-refractivity contribution in [3.63, 3.8) is 0 Å². The summed E-state index contributed by atoms with van der Waals surface area (Å²) in [6.45, 7) is 2.27. The molecule has 17 heavy (non-hydrogen) atoms. The molecule has 0 radical (unpaired) electrons. The molecule has 1 unspecified atom stereocenters. The molecule has 1 heterocycles. The lowest BCUT2D eigenvalue weighted by atomic mass is 10.1. The first kappa shape index (κ1) is 13.1. The molecule has 2 N–H and O–H groups in total. The van der Waals surface area contributed by atoms with Crippen LogP contribution in [0, 0.1) is 0 Å². The van der Waals surface area contributed by atoms with E-state index in [-0.39, 0.29) is 12.3 Å². The number of rotatable bonds is 7. The molecule has 94 valence electrons. The van der Waals surface area contributed by atoms with E-state index in [1.165, 1.54) is 17.3 Å². The molecule has 7 heteroatoms. The second-order valence-electron chi connectivity index (χ2n) is 3.66. The summed E-state index contributed by atoms with van der Waals surface area (Å²) in [5.74, 6) is -1.29. The highest BCUT2D eigenvalue weighted by Crippen LogP contribution is 1.98. The molecule has 1 rings (SSSR count). The third-order valence-electron chi connectivity index (χ3n) is 2.25. The molecule has 0 aliphatic rings. The number of aryl methyl sites for hydroxylation is 1. The average molecular weight is 240 g/mol. The first-order chi connectivity index (χ1) is 8.13. The predicted octanol–water partition coefficient (Wildman–Crippen LogP) is 0.0377. The minimum atomic E-state index is -0.999. The Morgan fingerprint density at radius 1 is 1.53 bits per heavy atom. The van der Waals surface area contributed by atoms with Crippen molar-refractivity contribution in [1.82, 2.24) is 20.1 Å². The summed E-state index contributed by atoms with van der Waals surface area (Å²) in [5.41, 5.74) is 0. The Balaban J connectivity index is 2.34. The highest BCUT2D eigenvalue weighted by Gasteiger charge is 2.18. The number of carboxylic acid groups (broad SMARTS) is 1. The number of hydrogen-bond donors (Lipinski definition) is 2. The van der Waals surface area contributed by atoms with Gasteiger partial charge in [0.2, 0.25) is 5.91 Å². The fraction of sp³-hybridized carbons (Fsp3) is 0.600. The summed E-state index contributed by atoms with van der Waals surface area (Å²) in [4.78, 5) is 26.1. The summed E-state index contributed by atoms with van der Waals surface area (Å²) in [7, 11) is 0. The summed E-state index contributed by atoms with van der Waals surface area (Å²) < 4.78 is 1.52. The molecule has 1 amide bonds. The molecule has 7 nitrogen and oxygen atoms in total. The van der Waals surface area contributed by atoms with Crippen molar-refractivity contribution in [2.24, 2.45) is 0 Å². The van der Waals surface area contributed by atoms with Gasteiger partial charge >= 0.3 is 5.97 Å². The number of carbonyl (C=O) groups is 2. The maximum atomic E-state index is 11.5. The van der Waals surface area contributed by atoms with Crippen LogP contribution in [0.25, 0.3) is 0 Å². The average Bonchev–Trinajstić information content (AvgIpc) is 2.78. The summed E-state index contributed by atoms with van der Waals surface area (Å²) in [5, 5.41) is 15.2. The van der Waals surface area contributed by atoms with Gasteiger partial charge < -0.3 is 10.4 Å². The first-order valence-electron chi connectivity index (χ1n) is 5.48. The predicted molar refractivity (Wildman–Crippen MR) is 59.1 cm³/mol. The molecule has 0 aliphatic carbocycles. The molecule has 0 aromatic carbocycles. The summed E-state index contributed by atoms with van der Waals surface area (Å²) >= 11 is 0. The summed E-state index contributed by atoms with van der Waals surface area (Å²) in [6, 6.07) is -0.803. The zero-order valence-corrected chi connectivity index (χ0v) is 9.67. The molecule has 0 fully saturated rings. The van der Waals surface area contributed by atoms with Crippen LogP contribution in [0.4, 0.5) is 0 Å². The Kier molecular flexibility index (Phi) is 5.12. The van der Waals surface area contributed by atoms with Crippen molar-refractivity contribution in [2.45, 2.75) is 38.8 Å². The minimum Gasteiger partial charge on any atom is -0.480 e. The van der Waals surface area contributed by atoms with Crippen molar-refractivity contribution in [2.75, 3.05) is 0 Å². The van der Waals surface area contributed by atoms with Gasteiger partial charge in [-0.15, -0.1) is 0 Å². The van der Waals surface area contributed by atoms with E-state index in [0.29, 0.717) is 19.4 Å². The Bertz CT molecular complexity index is 364. The van der Waals surface area contributed by atoms with Gasteiger partial charge in [-0.05, 0) is 6.42 Å². The smallest absolute Gasteiger partial charge is 0.326 e. The lowest BCUT2D eigenvalue weighted by Gasteiger charge is -2.13. The second kappa shape index (κ2) is 6.62. The molecular formula is C10H16N4O3. The van der Waals surface area contributed by atoms with Gasteiger partial charge in [0.05, 0.1) is 6.54 Å². The van der Waals surface area contributed by atoms with Crippen LogP contribution in [0.2, 0.25) is 0 Å². The lowest BCUT2D eigenvalue weighted by Crippen LogP contribution is -2.40. The van der Waals surface area contributed by atoms with Crippen LogP contribution in [0.1, 0.15) is 26.2 Å². The minimum absolute atomic E-state index is 0.191. The highest BCUT2D eigenvalue weighted by atomic mass is 16.4. The van der Waals surface area contributed by atoms with Crippen LogP contribution in [0.3, 0.4) is 0 Å². The lowest BCUT2D eigenvalue weighted by molar-refractivity contribution is -0.142. The molecule has 0 aliphatic heterocycles. The van der Waals surface area contributed by atoms with Crippen molar-refractivity contribution in [3.8, 4) is 0 Å². The monoisotopic (exact) mass is 240 g/mol. The van der Waals surface area contributed by atoms with Gasteiger partial charge in [0.25, 0.3) is 0 Å². The number of aliphatic carboxylic acids is 1. The van der Waals surface area contributed by atoms with E-state index < -0.39 is 12.0 Å². The molecular weight excluding hydrogens is 224 g/mol. The van der Waals surface area contributed by atoms with E-state index in [2.05, 4.69) is 15.4 Å².